The van der Waals surface area contributed by atoms with Gasteiger partial charge >= 0.3 is 0 Å². The Kier molecular flexibility index (Phi) is 3.34. The molecule has 4 heteroatoms. The second kappa shape index (κ2) is 4.56. The largest absolute Gasteiger partial charge is 0.306 e. The van der Waals surface area contributed by atoms with Gasteiger partial charge in [0, 0.05) is 18.2 Å². The number of nitrogens with zero attached hydrogens (tertiary/aromatic N) is 3. The first-order chi connectivity index (χ1) is 7.22. The van der Waals surface area contributed by atoms with Crippen molar-refractivity contribution < 1.29 is 0 Å². The van der Waals surface area contributed by atoms with Crippen LogP contribution in [0.5, 0.6) is 0 Å². The molecule has 2 rings (SSSR count). The lowest BCUT2D eigenvalue weighted by Crippen LogP contribution is -2.03. The average Bonchev–Trinajstić information content (AvgIpc) is 2.96. The van der Waals surface area contributed by atoms with Gasteiger partial charge in [-0.05, 0) is 25.7 Å². The third kappa shape index (κ3) is 2.54. The highest BCUT2D eigenvalue weighted by Crippen LogP contribution is 2.40. The summed E-state index contributed by atoms with van der Waals surface area (Å²) in [7, 11) is 0. The summed E-state index contributed by atoms with van der Waals surface area (Å²) in [5.41, 5.74) is 0. The number of hydrogen-bond donors (Lipinski definition) is 0. The minimum Gasteiger partial charge on any atom is -0.306 e. The molecule has 0 spiro atoms. The zero-order valence-electron chi connectivity index (χ0n) is 9.73. The van der Waals surface area contributed by atoms with Crippen LogP contribution in [0.25, 0.3) is 0 Å². The van der Waals surface area contributed by atoms with E-state index in [1.165, 1.54) is 18.7 Å². The van der Waals surface area contributed by atoms with Gasteiger partial charge in [0.2, 0.25) is 0 Å². The number of aromatic nitrogens is 3. The molecule has 0 atom stereocenters. The van der Waals surface area contributed by atoms with Crippen LogP contribution >= 0.6 is 11.8 Å². The summed E-state index contributed by atoms with van der Waals surface area (Å²) in [4.78, 5) is 0. The minimum absolute atomic E-state index is 0.700. The zero-order valence-corrected chi connectivity index (χ0v) is 10.5. The molecule has 0 aromatic carbocycles. The van der Waals surface area contributed by atoms with E-state index in [2.05, 4.69) is 35.5 Å². The van der Waals surface area contributed by atoms with E-state index in [9.17, 15) is 0 Å². The summed E-state index contributed by atoms with van der Waals surface area (Å²) < 4.78 is 2.28. The van der Waals surface area contributed by atoms with E-state index in [0.717, 1.165) is 17.5 Å². The molecule has 3 nitrogen and oxygen atoms in total. The van der Waals surface area contributed by atoms with Crippen LogP contribution in [0, 0.1) is 5.92 Å². The molecule has 1 aliphatic rings. The monoisotopic (exact) mass is 225 g/mol. The molecular weight excluding hydrogens is 206 g/mol. The molecule has 0 amide bonds. The summed E-state index contributed by atoms with van der Waals surface area (Å²) >= 11 is 1.84. The Labute approximate surface area is 95.7 Å². The van der Waals surface area contributed by atoms with Crippen LogP contribution < -0.4 is 0 Å². The molecule has 1 saturated carbocycles. The molecule has 0 N–H and O–H groups in total. The summed E-state index contributed by atoms with van der Waals surface area (Å²) in [6.45, 7) is 7.65. The molecule has 84 valence electrons. The van der Waals surface area contributed by atoms with E-state index in [-0.39, 0.29) is 0 Å². The fourth-order valence-electron chi connectivity index (χ4n) is 1.59. The van der Waals surface area contributed by atoms with Crippen molar-refractivity contribution in [2.75, 3.05) is 5.75 Å². The highest BCUT2D eigenvalue weighted by Gasteiger charge is 2.29. The van der Waals surface area contributed by atoms with Crippen molar-refractivity contribution in [1.29, 1.82) is 0 Å². The smallest absolute Gasteiger partial charge is 0.191 e. The summed E-state index contributed by atoms with van der Waals surface area (Å²) in [5, 5.41) is 9.72. The van der Waals surface area contributed by atoms with Crippen LogP contribution in [0.15, 0.2) is 5.16 Å². The molecule has 0 bridgehead atoms. The van der Waals surface area contributed by atoms with Crippen LogP contribution in [-0.4, -0.2) is 20.5 Å². The molecule has 0 radical (unpaired) electrons. The maximum absolute atomic E-state index is 4.32. The lowest BCUT2D eigenvalue weighted by atomic mass is 10.3. The fraction of sp³-hybridized carbons (Fsp3) is 0.818. The van der Waals surface area contributed by atoms with Crippen LogP contribution in [0.1, 0.15) is 45.4 Å². The van der Waals surface area contributed by atoms with Crippen LogP contribution in [0.3, 0.4) is 0 Å². The number of rotatable bonds is 5. The average molecular weight is 225 g/mol. The summed E-state index contributed by atoms with van der Waals surface area (Å²) in [5.74, 6) is 3.75. The highest BCUT2D eigenvalue weighted by molar-refractivity contribution is 7.99. The van der Waals surface area contributed by atoms with Crippen molar-refractivity contribution in [3.8, 4) is 0 Å². The normalized spacial score (nSPS) is 16.3. The predicted octanol–water partition coefficient (Wildman–Crippen LogP) is 2.92. The first-order valence-electron chi connectivity index (χ1n) is 5.78. The highest BCUT2D eigenvalue weighted by atomic mass is 32.2. The SMILES string of the molecule is CCn1c(SCC(C)C)nnc1C1CC1. The summed E-state index contributed by atoms with van der Waals surface area (Å²) in [6.07, 6.45) is 2.60. The minimum atomic E-state index is 0.700. The Morgan fingerprint density at radius 3 is 2.67 bits per heavy atom. The van der Waals surface area contributed by atoms with Gasteiger partial charge in [0.05, 0.1) is 0 Å². The lowest BCUT2D eigenvalue weighted by Gasteiger charge is -2.07. The molecule has 0 aliphatic heterocycles. The van der Waals surface area contributed by atoms with Gasteiger partial charge in [0.15, 0.2) is 5.16 Å². The maximum Gasteiger partial charge on any atom is 0.191 e. The quantitative estimate of drug-likeness (QED) is 0.722. The van der Waals surface area contributed by atoms with E-state index in [0.29, 0.717) is 11.8 Å². The van der Waals surface area contributed by atoms with Crippen molar-refractivity contribution >= 4 is 11.8 Å². The van der Waals surface area contributed by atoms with Gasteiger partial charge in [-0.15, -0.1) is 10.2 Å². The van der Waals surface area contributed by atoms with E-state index < -0.39 is 0 Å². The van der Waals surface area contributed by atoms with Gasteiger partial charge in [-0.25, -0.2) is 0 Å². The van der Waals surface area contributed by atoms with Gasteiger partial charge in [0.25, 0.3) is 0 Å². The molecule has 1 heterocycles. The summed E-state index contributed by atoms with van der Waals surface area (Å²) in [6, 6.07) is 0. The Bertz CT molecular complexity index is 329. The molecule has 15 heavy (non-hydrogen) atoms. The van der Waals surface area contributed by atoms with Gasteiger partial charge in [-0.3, -0.25) is 0 Å². The first-order valence-corrected chi connectivity index (χ1v) is 6.76. The van der Waals surface area contributed by atoms with Crippen molar-refractivity contribution in [3.63, 3.8) is 0 Å². The fourth-order valence-corrected chi connectivity index (χ4v) is 2.55. The molecule has 1 aliphatic carbocycles. The Morgan fingerprint density at radius 2 is 2.13 bits per heavy atom. The van der Waals surface area contributed by atoms with Crippen molar-refractivity contribution in [2.24, 2.45) is 5.92 Å². The van der Waals surface area contributed by atoms with E-state index in [4.69, 9.17) is 0 Å². The van der Waals surface area contributed by atoms with Gasteiger partial charge in [-0.1, -0.05) is 25.6 Å². The van der Waals surface area contributed by atoms with Crippen LogP contribution in [-0.2, 0) is 6.54 Å². The Hall–Kier alpha value is -0.510. The second-order valence-corrected chi connectivity index (χ2v) is 5.55. The predicted molar refractivity (Wildman–Crippen MR) is 63.2 cm³/mol. The number of hydrogen-bond acceptors (Lipinski definition) is 3. The Morgan fingerprint density at radius 1 is 1.40 bits per heavy atom. The van der Waals surface area contributed by atoms with Crippen molar-refractivity contribution in [1.82, 2.24) is 14.8 Å². The van der Waals surface area contributed by atoms with E-state index >= 15 is 0 Å². The Balaban J connectivity index is 2.09. The van der Waals surface area contributed by atoms with E-state index in [1.54, 1.807) is 0 Å². The van der Waals surface area contributed by atoms with Crippen LogP contribution in [0.4, 0.5) is 0 Å². The molecule has 1 aromatic rings. The molecule has 1 fully saturated rings. The van der Waals surface area contributed by atoms with Gasteiger partial charge < -0.3 is 4.57 Å². The van der Waals surface area contributed by atoms with E-state index in [1.807, 2.05) is 11.8 Å². The topological polar surface area (TPSA) is 30.7 Å². The molecule has 0 unspecified atom stereocenters. The second-order valence-electron chi connectivity index (χ2n) is 4.56. The standard InChI is InChI=1S/C11H19N3S/c1-4-14-10(9-5-6-9)12-13-11(14)15-7-8(2)3/h8-9H,4-7H2,1-3H3. The molecule has 1 aromatic heterocycles. The molecular formula is C11H19N3S. The van der Waals surface area contributed by atoms with Crippen molar-refractivity contribution in [2.45, 2.75) is 51.2 Å². The van der Waals surface area contributed by atoms with Crippen LogP contribution in [0.2, 0.25) is 0 Å². The van der Waals surface area contributed by atoms with Gasteiger partial charge in [0.1, 0.15) is 5.82 Å². The molecule has 0 saturated heterocycles. The third-order valence-corrected chi connectivity index (χ3v) is 3.94. The van der Waals surface area contributed by atoms with Gasteiger partial charge in [-0.2, -0.15) is 0 Å². The zero-order chi connectivity index (χ0) is 10.8. The third-order valence-electron chi connectivity index (χ3n) is 2.55. The number of thioether (sulfide) groups is 1. The van der Waals surface area contributed by atoms with Crippen molar-refractivity contribution in [3.05, 3.63) is 5.82 Å². The first kappa shape index (κ1) is 11.0. The lowest BCUT2D eigenvalue weighted by molar-refractivity contribution is 0.641. The maximum atomic E-state index is 4.32.